The van der Waals surface area contributed by atoms with Gasteiger partial charge >= 0.3 is 0 Å². The summed E-state index contributed by atoms with van der Waals surface area (Å²) in [5.41, 5.74) is 2.94. The molecule has 1 aromatic carbocycles. The summed E-state index contributed by atoms with van der Waals surface area (Å²) in [7, 11) is 0. The highest BCUT2D eigenvalue weighted by molar-refractivity contribution is 5.23. The zero-order valence-electron chi connectivity index (χ0n) is 12.7. The highest BCUT2D eigenvalue weighted by Crippen LogP contribution is 2.13. The summed E-state index contributed by atoms with van der Waals surface area (Å²) in [6, 6.07) is 9.89. The van der Waals surface area contributed by atoms with Crippen LogP contribution < -0.4 is 5.32 Å². The lowest BCUT2D eigenvalue weighted by Crippen LogP contribution is -2.48. The molecule has 1 aliphatic rings. The van der Waals surface area contributed by atoms with Crippen molar-refractivity contribution in [1.82, 2.24) is 10.2 Å². The van der Waals surface area contributed by atoms with E-state index in [1.54, 1.807) is 0 Å². The lowest BCUT2D eigenvalue weighted by atomic mass is 9.99. The zero-order chi connectivity index (χ0) is 13.7. The van der Waals surface area contributed by atoms with E-state index in [9.17, 15) is 0 Å². The van der Waals surface area contributed by atoms with Crippen LogP contribution in [0.15, 0.2) is 24.3 Å². The third kappa shape index (κ3) is 4.63. The molecule has 0 spiro atoms. The van der Waals surface area contributed by atoms with Gasteiger partial charge in [-0.3, -0.25) is 4.90 Å². The molecule has 0 bridgehead atoms. The van der Waals surface area contributed by atoms with Crippen molar-refractivity contribution in [1.29, 1.82) is 0 Å². The quantitative estimate of drug-likeness (QED) is 0.876. The molecule has 1 fully saturated rings. The fraction of sp³-hybridized carbons (Fsp3) is 0.647. The second kappa shape index (κ2) is 7.06. The number of nitrogens with zero attached hydrogens (tertiary/aromatic N) is 1. The fourth-order valence-corrected chi connectivity index (χ4v) is 2.88. The maximum atomic E-state index is 3.42. The third-order valence-corrected chi connectivity index (χ3v) is 3.97. The van der Waals surface area contributed by atoms with Crippen LogP contribution in [-0.4, -0.2) is 37.1 Å². The molecule has 1 heterocycles. The monoisotopic (exact) mass is 260 g/mol. The normalized spacial score (nSPS) is 18.7. The molecule has 0 aromatic heterocycles. The summed E-state index contributed by atoms with van der Waals surface area (Å²) in [6.07, 6.45) is 2.36. The SMILES string of the molecule is CC(C)Cc1ccc(CC(C)N2CCNCC2)cc1. The topological polar surface area (TPSA) is 15.3 Å². The first-order valence-corrected chi connectivity index (χ1v) is 7.67. The van der Waals surface area contributed by atoms with Crippen LogP contribution in [0, 0.1) is 5.92 Å². The molecule has 1 N–H and O–H groups in total. The van der Waals surface area contributed by atoms with Crippen LogP contribution in [0.1, 0.15) is 31.9 Å². The molecule has 2 heteroatoms. The van der Waals surface area contributed by atoms with E-state index in [1.165, 1.54) is 37.1 Å². The second-order valence-corrected chi connectivity index (χ2v) is 6.25. The van der Waals surface area contributed by atoms with E-state index in [1.807, 2.05) is 0 Å². The van der Waals surface area contributed by atoms with Crippen molar-refractivity contribution in [3.8, 4) is 0 Å². The Bertz CT molecular complexity index is 363. The predicted molar refractivity (Wildman–Crippen MR) is 82.6 cm³/mol. The van der Waals surface area contributed by atoms with Gasteiger partial charge in [0, 0.05) is 32.2 Å². The maximum Gasteiger partial charge on any atom is 0.0110 e. The van der Waals surface area contributed by atoms with Gasteiger partial charge in [0.05, 0.1) is 0 Å². The summed E-state index contributed by atoms with van der Waals surface area (Å²) in [5, 5.41) is 3.42. The van der Waals surface area contributed by atoms with Crippen LogP contribution in [0.5, 0.6) is 0 Å². The first-order chi connectivity index (χ1) is 9.15. The van der Waals surface area contributed by atoms with E-state index < -0.39 is 0 Å². The Morgan fingerprint density at radius 3 is 2.00 bits per heavy atom. The Labute approximate surface area is 118 Å². The minimum Gasteiger partial charge on any atom is -0.314 e. The third-order valence-electron chi connectivity index (χ3n) is 3.97. The molecular formula is C17H28N2. The Hall–Kier alpha value is -0.860. The molecule has 0 saturated carbocycles. The van der Waals surface area contributed by atoms with E-state index in [0.29, 0.717) is 6.04 Å². The number of hydrogen-bond donors (Lipinski definition) is 1. The van der Waals surface area contributed by atoms with Gasteiger partial charge in [0.2, 0.25) is 0 Å². The number of piperazine rings is 1. The largest absolute Gasteiger partial charge is 0.314 e. The van der Waals surface area contributed by atoms with Crippen LogP contribution in [0.25, 0.3) is 0 Å². The smallest absolute Gasteiger partial charge is 0.0110 e. The van der Waals surface area contributed by atoms with Gasteiger partial charge in [0.1, 0.15) is 0 Å². The molecule has 0 aliphatic carbocycles. The van der Waals surface area contributed by atoms with Crippen LogP contribution in [-0.2, 0) is 12.8 Å². The van der Waals surface area contributed by atoms with Crippen LogP contribution in [0.2, 0.25) is 0 Å². The van der Waals surface area contributed by atoms with Gasteiger partial charge in [-0.25, -0.2) is 0 Å². The van der Waals surface area contributed by atoms with E-state index in [4.69, 9.17) is 0 Å². The van der Waals surface area contributed by atoms with Crippen LogP contribution in [0.3, 0.4) is 0 Å². The minimum absolute atomic E-state index is 0.651. The molecule has 1 atom stereocenters. The van der Waals surface area contributed by atoms with Gasteiger partial charge in [0.15, 0.2) is 0 Å². The van der Waals surface area contributed by atoms with Gasteiger partial charge < -0.3 is 5.32 Å². The molecule has 19 heavy (non-hydrogen) atoms. The molecule has 2 nitrogen and oxygen atoms in total. The Morgan fingerprint density at radius 1 is 0.947 bits per heavy atom. The lowest BCUT2D eigenvalue weighted by molar-refractivity contribution is 0.183. The van der Waals surface area contributed by atoms with Crippen molar-refractivity contribution in [2.75, 3.05) is 26.2 Å². The summed E-state index contributed by atoms with van der Waals surface area (Å²) < 4.78 is 0. The summed E-state index contributed by atoms with van der Waals surface area (Å²) in [6.45, 7) is 11.6. The van der Waals surface area contributed by atoms with Crippen molar-refractivity contribution in [3.05, 3.63) is 35.4 Å². The fourth-order valence-electron chi connectivity index (χ4n) is 2.88. The Balaban J connectivity index is 1.87. The lowest BCUT2D eigenvalue weighted by Gasteiger charge is -2.32. The van der Waals surface area contributed by atoms with Crippen molar-refractivity contribution in [3.63, 3.8) is 0 Å². The average Bonchev–Trinajstić information content (AvgIpc) is 2.41. The highest BCUT2D eigenvalue weighted by Gasteiger charge is 2.16. The van der Waals surface area contributed by atoms with E-state index in [-0.39, 0.29) is 0 Å². The molecule has 0 radical (unpaired) electrons. The second-order valence-electron chi connectivity index (χ2n) is 6.25. The number of hydrogen-bond acceptors (Lipinski definition) is 2. The van der Waals surface area contributed by atoms with Crippen LogP contribution in [0.4, 0.5) is 0 Å². The minimum atomic E-state index is 0.651. The molecule has 106 valence electrons. The zero-order valence-corrected chi connectivity index (χ0v) is 12.7. The Kier molecular flexibility index (Phi) is 5.41. The summed E-state index contributed by atoms with van der Waals surface area (Å²) >= 11 is 0. The maximum absolute atomic E-state index is 3.42. The van der Waals surface area contributed by atoms with Crippen LogP contribution >= 0.6 is 0 Å². The van der Waals surface area contributed by atoms with E-state index in [0.717, 1.165) is 19.0 Å². The van der Waals surface area contributed by atoms with Gasteiger partial charge in [-0.15, -0.1) is 0 Å². The summed E-state index contributed by atoms with van der Waals surface area (Å²) in [5.74, 6) is 0.741. The first kappa shape index (κ1) is 14.5. The van der Waals surface area contributed by atoms with E-state index >= 15 is 0 Å². The van der Waals surface area contributed by atoms with Gasteiger partial charge in [-0.1, -0.05) is 38.1 Å². The molecule has 1 aliphatic heterocycles. The van der Waals surface area contributed by atoms with Gasteiger partial charge in [-0.05, 0) is 36.8 Å². The molecule has 2 rings (SSSR count). The predicted octanol–water partition coefficient (Wildman–Crippen LogP) is 2.72. The average molecular weight is 260 g/mol. The van der Waals surface area contributed by atoms with Crippen molar-refractivity contribution < 1.29 is 0 Å². The van der Waals surface area contributed by atoms with Crippen molar-refractivity contribution in [2.45, 2.75) is 39.7 Å². The van der Waals surface area contributed by atoms with Crippen molar-refractivity contribution >= 4 is 0 Å². The number of rotatable bonds is 5. The molecule has 0 amide bonds. The van der Waals surface area contributed by atoms with Crippen molar-refractivity contribution in [2.24, 2.45) is 5.92 Å². The summed E-state index contributed by atoms with van der Waals surface area (Å²) in [4.78, 5) is 2.60. The Morgan fingerprint density at radius 2 is 1.47 bits per heavy atom. The first-order valence-electron chi connectivity index (χ1n) is 7.67. The van der Waals surface area contributed by atoms with Gasteiger partial charge in [-0.2, -0.15) is 0 Å². The molecule has 1 saturated heterocycles. The van der Waals surface area contributed by atoms with E-state index in [2.05, 4.69) is 55.3 Å². The van der Waals surface area contributed by atoms with Gasteiger partial charge in [0.25, 0.3) is 0 Å². The number of nitrogens with one attached hydrogen (secondary N) is 1. The standard InChI is InChI=1S/C17H28N2/c1-14(2)12-16-4-6-17(7-5-16)13-15(3)19-10-8-18-9-11-19/h4-7,14-15,18H,8-13H2,1-3H3. The number of benzene rings is 1. The molecule has 1 unspecified atom stereocenters. The molecule has 1 aromatic rings. The highest BCUT2D eigenvalue weighted by atomic mass is 15.2. The molecular weight excluding hydrogens is 232 g/mol.